The highest BCUT2D eigenvalue weighted by molar-refractivity contribution is 6.12. The van der Waals surface area contributed by atoms with Crippen LogP contribution >= 0.6 is 0 Å². The molecule has 5 N–H and O–H groups in total. The maximum Gasteiger partial charge on any atom is 0.303 e. The maximum absolute atomic E-state index is 12.3. The first-order valence-corrected chi connectivity index (χ1v) is 14.0. The van der Waals surface area contributed by atoms with E-state index in [1.54, 1.807) is 19.1 Å². The van der Waals surface area contributed by atoms with Gasteiger partial charge in [-0.3, -0.25) is 24.2 Å². The third kappa shape index (κ3) is 6.28. The number of H-pyrrole nitrogens is 1. The fourth-order valence-electron chi connectivity index (χ4n) is 5.72. The molecule has 0 saturated carbocycles. The van der Waals surface area contributed by atoms with Gasteiger partial charge in [-0.15, -0.1) is 0 Å². The van der Waals surface area contributed by atoms with Crippen LogP contribution in [0.5, 0.6) is 0 Å². The summed E-state index contributed by atoms with van der Waals surface area (Å²) >= 11 is 0. The fraction of sp³-hybridized carbons (Fsp3) is 0.303. The molecule has 0 saturated heterocycles. The summed E-state index contributed by atoms with van der Waals surface area (Å²) in [4.78, 5) is 56.0. The Kier molecular flexibility index (Phi) is 8.99. The number of nitrogens with zero attached hydrogens (tertiary/aromatic N) is 1. The van der Waals surface area contributed by atoms with Crippen LogP contribution in [0.3, 0.4) is 0 Å². The van der Waals surface area contributed by atoms with Crippen molar-refractivity contribution in [1.82, 2.24) is 15.6 Å². The van der Waals surface area contributed by atoms with Gasteiger partial charge in [0.25, 0.3) is 11.8 Å². The summed E-state index contributed by atoms with van der Waals surface area (Å²) in [5.74, 6) is -2.29. The Morgan fingerprint density at radius 1 is 0.837 bits per heavy atom. The van der Waals surface area contributed by atoms with Gasteiger partial charge in [0.15, 0.2) is 0 Å². The second kappa shape index (κ2) is 12.5. The Bertz CT molecular complexity index is 1660. The third-order valence-corrected chi connectivity index (χ3v) is 8.23. The van der Waals surface area contributed by atoms with Gasteiger partial charge in [-0.2, -0.15) is 0 Å². The number of carbonyl (C=O) groups excluding carboxylic acids is 2. The van der Waals surface area contributed by atoms with Gasteiger partial charge in [-0.25, -0.2) is 0 Å². The average molecular weight is 585 g/mol. The Hall–Kier alpha value is -4.99. The number of hydrogen-bond acceptors (Lipinski definition) is 5. The topological polar surface area (TPSA) is 161 Å². The van der Waals surface area contributed by atoms with Gasteiger partial charge in [-0.1, -0.05) is 25.3 Å². The molecule has 1 aromatic heterocycles. The lowest BCUT2D eigenvalue weighted by atomic mass is 9.93. The van der Waals surface area contributed by atoms with Crippen molar-refractivity contribution in [3.05, 3.63) is 98.7 Å². The predicted molar refractivity (Wildman–Crippen MR) is 164 cm³/mol. The Labute approximate surface area is 250 Å². The highest BCUT2D eigenvalue weighted by atomic mass is 16.4. The number of allylic oxidation sites excluding steroid dienone is 4. The van der Waals surface area contributed by atoms with Crippen LogP contribution in [-0.4, -0.2) is 50.7 Å². The first-order chi connectivity index (χ1) is 20.4. The molecule has 43 heavy (non-hydrogen) atoms. The van der Waals surface area contributed by atoms with E-state index >= 15 is 0 Å². The number of aromatic amines is 1. The number of amides is 2. The van der Waals surface area contributed by atoms with E-state index in [4.69, 9.17) is 4.99 Å². The second-order valence-corrected chi connectivity index (χ2v) is 10.8. The molecule has 4 heterocycles. The SMILES string of the molecule is C=CC1=C(C)/C(=C/c2[nH]c(CC3N=C(/C=C4\NC(=O)C(C)=C4C=C)C(C)=C3CCC(=O)O)c(CCC(=O)O)c2C)NC1=O. The van der Waals surface area contributed by atoms with Crippen molar-refractivity contribution in [3.63, 3.8) is 0 Å². The van der Waals surface area contributed by atoms with Crippen LogP contribution in [0.4, 0.5) is 0 Å². The molecule has 1 aromatic rings. The van der Waals surface area contributed by atoms with Crippen molar-refractivity contribution in [2.75, 3.05) is 0 Å². The number of rotatable bonds is 12. The third-order valence-electron chi connectivity index (χ3n) is 8.23. The van der Waals surface area contributed by atoms with Crippen molar-refractivity contribution < 1.29 is 29.4 Å². The Morgan fingerprint density at radius 3 is 2.07 bits per heavy atom. The standard InChI is InChI=1S/C33H36N4O6/c1-7-20-19(6)32(42)37-27(20)14-25-18(5)23(10-12-31(40)41)29(35-25)15-28-22(9-11-30(38)39)17(4)24(34-28)13-26-16(3)21(8-2)33(43)36-26/h7-8,13-14,29,34H,1-2,9-12,15H2,3-6H3,(H,36,43)(H,37,42)(H,38,39)(H,40,41)/b26-13-,27-14-. The average Bonchev–Trinajstić information content (AvgIpc) is 3.59. The van der Waals surface area contributed by atoms with Gasteiger partial charge < -0.3 is 25.8 Å². The largest absolute Gasteiger partial charge is 0.481 e. The molecule has 2 amide bonds. The number of carbonyl (C=O) groups is 4. The van der Waals surface area contributed by atoms with E-state index in [0.717, 1.165) is 39.2 Å². The van der Waals surface area contributed by atoms with E-state index in [1.165, 1.54) is 6.08 Å². The van der Waals surface area contributed by atoms with Crippen molar-refractivity contribution in [2.24, 2.45) is 4.99 Å². The molecule has 10 nitrogen and oxygen atoms in total. The molecule has 4 rings (SSSR count). The van der Waals surface area contributed by atoms with Crippen LogP contribution in [0.25, 0.3) is 6.08 Å². The summed E-state index contributed by atoms with van der Waals surface area (Å²) in [6, 6.07) is -0.400. The first kappa shape index (κ1) is 31.0. The van der Waals surface area contributed by atoms with Crippen LogP contribution in [0.1, 0.15) is 62.5 Å². The lowest BCUT2D eigenvalue weighted by Crippen LogP contribution is -2.16. The zero-order valence-corrected chi connectivity index (χ0v) is 24.8. The summed E-state index contributed by atoms with van der Waals surface area (Å²) in [7, 11) is 0. The summed E-state index contributed by atoms with van der Waals surface area (Å²) in [5.41, 5.74) is 9.29. The molecule has 0 spiro atoms. The molecule has 0 aliphatic carbocycles. The van der Waals surface area contributed by atoms with Gasteiger partial charge in [0.2, 0.25) is 0 Å². The molecule has 1 unspecified atom stereocenters. The number of aliphatic carboxylic acids is 2. The van der Waals surface area contributed by atoms with E-state index in [1.807, 2.05) is 26.8 Å². The van der Waals surface area contributed by atoms with E-state index in [9.17, 15) is 29.4 Å². The summed E-state index contributed by atoms with van der Waals surface area (Å²) in [6.45, 7) is 14.9. The summed E-state index contributed by atoms with van der Waals surface area (Å²) in [5, 5.41) is 24.6. The number of hydrogen-bond donors (Lipinski definition) is 5. The number of aromatic nitrogens is 1. The molecule has 10 heteroatoms. The maximum atomic E-state index is 12.3. The number of carboxylic acids is 2. The second-order valence-electron chi connectivity index (χ2n) is 10.8. The first-order valence-electron chi connectivity index (χ1n) is 14.0. The van der Waals surface area contributed by atoms with Crippen molar-refractivity contribution >= 4 is 35.5 Å². The van der Waals surface area contributed by atoms with E-state index in [-0.39, 0.29) is 31.1 Å². The van der Waals surface area contributed by atoms with Gasteiger partial charge in [-0.05, 0) is 80.5 Å². The number of carboxylic acid groups (broad SMARTS) is 2. The molecular weight excluding hydrogens is 548 g/mol. The van der Waals surface area contributed by atoms with Crippen molar-refractivity contribution in [1.29, 1.82) is 0 Å². The minimum atomic E-state index is -0.922. The molecule has 3 aliphatic rings. The molecular formula is C33H36N4O6. The molecule has 0 radical (unpaired) electrons. The Morgan fingerprint density at radius 2 is 1.47 bits per heavy atom. The smallest absolute Gasteiger partial charge is 0.303 e. The van der Waals surface area contributed by atoms with Crippen molar-refractivity contribution in [3.8, 4) is 0 Å². The predicted octanol–water partition coefficient (Wildman–Crippen LogP) is 4.38. The van der Waals surface area contributed by atoms with E-state index in [2.05, 4.69) is 28.8 Å². The molecule has 224 valence electrons. The quantitative estimate of drug-likeness (QED) is 0.245. The molecule has 0 aromatic carbocycles. The van der Waals surface area contributed by atoms with Gasteiger partial charge in [0.05, 0.1) is 17.5 Å². The van der Waals surface area contributed by atoms with E-state index < -0.39 is 18.0 Å². The van der Waals surface area contributed by atoms with Crippen LogP contribution in [0.2, 0.25) is 0 Å². The summed E-state index contributed by atoms with van der Waals surface area (Å²) in [6.07, 6.45) is 7.57. The van der Waals surface area contributed by atoms with Crippen LogP contribution in [0.15, 0.2) is 81.2 Å². The molecule has 0 bridgehead atoms. The molecule has 3 aliphatic heterocycles. The molecule has 0 fully saturated rings. The minimum Gasteiger partial charge on any atom is -0.481 e. The normalized spacial score (nSPS) is 20.4. The lowest BCUT2D eigenvalue weighted by Gasteiger charge is -2.14. The lowest BCUT2D eigenvalue weighted by molar-refractivity contribution is -0.138. The zero-order valence-electron chi connectivity index (χ0n) is 24.8. The van der Waals surface area contributed by atoms with Gasteiger partial charge >= 0.3 is 11.9 Å². The van der Waals surface area contributed by atoms with Crippen molar-refractivity contribution in [2.45, 2.75) is 65.8 Å². The summed E-state index contributed by atoms with van der Waals surface area (Å²) < 4.78 is 0. The number of nitrogens with one attached hydrogen (secondary N) is 3. The molecule has 1 atom stereocenters. The van der Waals surface area contributed by atoms with Crippen LogP contribution < -0.4 is 10.6 Å². The Balaban J connectivity index is 1.76. The van der Waals surface area contributed by atoms with E-state index in [0.29, 0.717) is 46.7 Å². The van der Waals surface area contributed by atoms with Crippen LogP contribution in [0, 0.1) is 6.92 Å². The fourth-order valence-corrected chi connectivity index (χ4v) is 5.72. The van der Waals surface area contributed by atoms with Crippen LogP contribution in [-0.2, 0) is 32.0 Å². The monoisotopic (exact) mass is 584 g/mol. The van der Waals surface area contributed by atoms with Gasteiger partial charge in [0.1, 0.15) is 0 Å². The number of aliphatic imine (C=N–C) groups is 1. The highest BCUT2D eigenvalue weighted by Gasteiger charge is 2.30. The highest BCUT2D eigenvalue weighted by Crippen LogP contribution is 2.33. The van der Waals surface area contributed by atoms with Gasteiger partial charge in [0, 0.05) is 53.1 Å². The zero-order chi connectivity index (χ0) is 31.6. The minimum absolute atomic E-state index is 0.0693.